The van der Waals surface area contributed by atoms with Gasteiger partial charge in [0.1, 0.15) is 12.0 Å². The van der Waals surface area contributed by atoms with Crippen LogP contribution in [0, 0.1) is 5.92 Å². The summed E-state index contributed by atoms with van der Waals surface area (Å²) < 4.78 is 23.1. The predicted octanol–water partition coefficient (Wildman–Crippen LogP) is 0.369. The molecule has 1 fully saturated rings. The molecule has 0 amide bonds. The predicted molar refractivity (Wildman–Crippen MR) is 43.0 cm³/mol. The summed E-state index contributed by atoms with van der Waals surface area (Å²) in [5.74, 6) is -2.77. The standard InChI is InChI=1S/C9H9FO4/c1-13-7(11)6-4-5-2-3-9(6,10)8(12)14-5/h2-3,5-6H,4H2,1H3/t5-,6-,9-/m1/s1. The van der Waals surface area contributed by atoms with Crippen molar-refractivity contribution in [1.82, 2.24) is 0 Å². The minimum atomic E-state index is -2.33. The summed E-state index contributed by atoms with van der Waals surface area (Å²) in [5, 5.41) is 0. The number of alkyl halides is 1. The van der Waals surface area contributed by atoms with Crippen molar-refractivity contribution < 1.29 is 23.5 Å². The van der Waals surface area contributed by atoms with Crippen LogP contribution in [-0.2, 0) is 19.1 Å². The highest BCUT2D eigenvalue weighted by atomic mass is 19.1. The molecule has 0 unspecified atom stereocenters. The maximum absolute atomic E-state index is 14.0. The van der Waals surface area contributed by atoms with Gasteiger partial charge in [-0.2, -0.15) is 0 Å². The Bertz CT molecular complexity index is 325. The van der Waals surface area contributed by atoms with Crippen LogP contribution in [0.1, 0.15) is 6.42 Å². The van der Waals surface area contributed by atoms with E-state index in [9.17, 15) is 14.0 Å². The van der Waals surface area contributed by atoms with E-state index in [-0.39, 0.29) is 6.42 Å². The molecule has 2 bridgehead atoms. The topological polar surface area (TPSA) is 52.6 Å². The first-order valence-electron chi connectivity index (χ1n) is 4.25. The minimum absolute atomic E-state index is 0.158. The fourth-order valence-electron chi connectivity index (χ4n) is 1.78. The number of methoxy groups -OCH3 is 1. The largest absolute Gasteiger partial charge is 0.469 e. The number of carbonyl (C=O) groups is 2. The SMILES string of the molecule is COC(=O)[C@H]1C[C@H]2C=C[C@]1(F)C(=O)O2. The lowest BCUT2D eigenvalue weighted by Crippen LogP contribution is -2.55. The first-order chi connectivity index (χ1) is 6.58. The van der Waals surface area contributed by atoms with E-state index in [1.807, 2.05) is 0 Å². The molecule has 14 heavy (non-hydrogen) atoms. The third-order valence-electron chi connectivity index (χ3n) is 2.59. The lowest BCUT2D eigenvalue weighted by atomic mass is 9.77. The Balaban J connectivity index is 2.35. The lowest BCUT2D eigenvalue weighted by molar-refractivity contribution is -0.183. The van der Waals surface area contributed by atoms with Crippen LogP contribution < -0.4 is 0 Å². The molecule has 1 aliphatic carbocycles. The van der Waals surface area contributed by atoms with Crippen LogP contribution in [0.25, 0.3) is 0 Å². The summed E-state index contributed by atoms with van der Waals surface area (Å²) in [4.78, 5) is 22.4. The van der Waals surface area contributed by atoms with Crippen molar-refractivity contribution in [1.29, 1.82) is 0 Å². The number of carbonyl (C=O) groups excluding carboxylic acids is 2. The van der Waals surface area contributed by atoms with Crippen molar-refractivity contribution in [3.05, 3.63) is 12.2 Å². The molecule has 4 nitrogen and oxygen atoms in total. The second kappa shape index (κ2) is 2.80. The van der Waals surface area contributed by atoms with Gasteiger partial charge in [0.25, 0.3) is 0 Å². The van der Waals surface area contributed by atoms with Crippen LogP contribution in [0.4, 0.5) is 4.39 Å². The van der Waals surface area contributed by atoms with E-state index in [1.54, 1.807) is 0 Å². The molecule has 2 heterocycles. The van der Waals surface area contributed by atoms with Crippen molar-refractivity contribution >= 4 is 11.9 Å². The number of fused-ring (bicyclic) bond motifs is 2. The smallest absolute Gasteiger partial charge is 0.349 e. The summed E-state index contributed by atoms with van der Waals surface area (Å²) in [6, 6.07) is 0. The number of esters is 2. The third-order valence-corrected chi connectivity index (χ3v) is 2.59. The molecule has 0 aromatic rings. The van der Waals surface area contributed by atoms with Gasteiger partial charge in [-0.3, -0.25) is 4.79 Å². The van der Waals surface area contributed by atoms with Gasteiger partial charge in [-0.15, -0.1) is 0 Å². The summed E-state index contributed by atoms with van der Waals surface area (Å²) in [6.07, 6.45) is 2.21. The molecule has 0 saturated carbocycles. The van der Waals surface area contributed by atoms with E-state index in [4.69, 9.17) is 4.74 Å². The van der Waals surface area contributed by atoms with Gasteiger partial charge in [0.2, 0.25) is 5.67 Å². The summed E-state index contributed by atoms with van der Waals surface area (Å²) in [5.41, 5.74) is -2.33. The van der Waals surface area contributed by atoms with E-state index in [0.29, 0.717) is 0 Å². The molecule has 2 aliphatic heterocycles. The summed E-state index contributed by atoms with van der Waals surface area (Å²) in [7, 11) is 1.17. The van der Waals surface area contributed by atoms with Crippen molar-refractivity contribution in [3.8, 4) is 0 Å². The Morgan fingerprint density at radius 1 is 1.79 bits per heavy atom. The monoisotopic (exact) mass is 200 g/mol. The normalized spacial score (nSPS) is 39.4. The summed E-state index contributed by atoms with van der Waals surface area (Å²) >= 11 is 0. The summed E-state index contributed by atoms with van der Waals surface area (Å²) in [6.45, 7) is 0. The molecule has 76 valence electrons. The molecule has 0 aromatic heterocycles. The number of rotatable bonds is 1. The molecule has 3 rings (SSSR count). The Morgan fingerprint density at radius 2 is 2.50 bits per heavy atom. The van der Waals surface area contributed by atoms with Crippen LogP contribution in [0.15, 0.2) is 12.2 Å². The van der Waals surface area contributed by atoms with Gasteiger partial charge in [-0.1, -0.05) is 0 Å². The van der Waals surface area contributed by atoms with E-state index < -0.39 is 29.6 Å². The van der Waals surface area contributed by atoms with E-state index in [2.05, 4.69) is 4.74 Å². The number of hydrogen-bond donors (Lipinski definition) is 0. The maximum atomic E-state index is 14.0. The molecular formula is C9H9FO4. The molecule has 3 aliphatic rings. The first kappa shape index (κ1) is 9.18. The van der Waals surface area contributed by atoms with Gasteiger partial charge < -0.3 is 9.47 Å². The quantitative estimate of drug-likeness (QED) is 0.453. The fourth-order valence-corrected chi connectivity index (χ4v) is 1.78. The highest BCUT2D eigenvalue weighted by Crippen LogP contribution is 2.40. The van der Waals surface area contributed by atoms with Crippen molar-refractivity contribution in [2.24, 2.45) is 5.92 Å². The van der Waals surface area contributed by atoms with Crippen LogP contribution in [0.5, 0.6) is 0 Å². The molecule has 5 heteroatoms. The Morgan fingerprint density at radius 3 is 3.07 bits per heavy atom. The fraction of sp³-hybridized carbons (Fsp3) is 0.556. The highest BCUT2D eigenvalue weighted by Gasteiger charge is 2.57. The van der Waals surface area contributed by atoms with Gasteiger partial charge in [0.15, 0.2) is 0 Å². The zero-order valence-electron chi connectivity index (χ0n) is 7.53. The Hall–Kier alpha value is -1.39. The van der Waals surface area contributed by atoms with E-state index in [0.717, 1.165) is 6.08 Å². The molecular weight excluding hydrogens is 191 g/mol. The molecule has 3 atom stereocenters. The van der Waals surface area contributed by atoms with Crippen molar-refractivity contribution in [2.45, 2.75) is 18.2 Å². The van der Waals surface area contributed by atoms with Gasteiger partial charge in [0, 0.05) is 6.42 Å². The van der Waals surface area contributed by atoms with Gasteiger partial charge in [0.05, 0.1) is 7.11 Å². The lowest BCUT2D eigenvalue weighted by Gasteiger charge is -2.39. The maximum Gasteiger partial charge on any atom is 0.349 e. The van der Waals surface area contributed by atoms with Gasteiger partial charge >= 0.3 is 11.9 Å². The molecule has 0 spiro atoms. The van der Waals surface area contributed by atoms with E-state index >= 15 is 0 Å². The van der Waals surface area contributed by atoms with Crippen LogP contribution >= 0.6 is 0 Å². The molecule has 0 aromatic carbocycles. The number of hydrogen-bond acceptors (Lipinski definition) is 4. The second-order valence-corrected chi connectivity index (χ2v) is 3.38. The van der Waals surface area contributed by atoms with Crippen molar-refractivity contribution in [2.75, 3.05) is 7.11 Å². The highest BCUT2D eigenvalue weighted by molar-refractivity contribution is 5.92. The Kier molecular flexibility index (Phi) is 1.83. The van der Waals surface area contributed by atoms with E-state index in [1.165, 1.54) is 13.2 Å². The van der Waals surface area contributed by atoms with Crippen LogP contribution in [0.2, 0.25) is 0 Å². The zero-order chi connectivity index (χ0) is 10.3. The zero-order valence-corrected chi connectivity index (χ0v) is 7.53. The molecule has 1 saturated heterocycles. The average molecular weight is 200 g/mol. The minimum Gasteiger partial charge on any atom is -0.469 e. The molecule has 0 radical (unpaired) electrons. The van der Waals surface area contributed by atoms with Crippen LogP contribution in [-0.4, -0.2) is 30.8 Å². The Labute approximate surface area is 79.7 Å². The number of ether oxygens (including phenoxy) is 2. The number of halogens is 1. The first-order valence-corrected chi connectivity index (χ1v) is 4.25. The second-order valence-electron chi connectivity index (χ2n) is 3.38. The average Bonchev–Trinajstić information content (AvgIpc) is 2.18. The van der Waals surface area contributed by atoms with Crippen molar-refractivity contribution in [3.63, 3.8) is 0 Å². The van der Waals surface area contributed by atoms with Gasteiger partial charge in [-0.05, 0) is 12.2 Å². The third kappa shape index (κ3) is 1.05. The molecule has 0 N–H and O–H groups in total. The van der Waals surface area contributed by atoms with Gasteiger partial charge in [-0.25, -0.2) is 9.18 Å². The van der Waals surface area contributed by atoms with Crippen LogP contribution in [0.3, 0.4) is 0 Å².